The van der Waals surface area contributed by atoms with Crippen molar-refractivity contribution in [1.82, 2.24) is 19.7 Å². The molecule has 2 aromatic heterocycles. The number of aromatic nitrogens is 3. The fourth-order valence-electron chi connectivity index (χ4n) is 2.94. The van der Waals surface area contributed by atoms with E-state index in [4.69, 9.17) is 26.1 Å². The van der Waals surface area contributed by atoms with Gasteiger partial charge >= 0.3 is 0 Å². The molecule has 0 saturated carbocycles. The van der Waals surface area contributed by atoms with Crippen LogP contribution in [0.15, 0.2) is 46.9 Å². The minimum absolute atomic E-state index is 0.304. The first-order valence-corrected chi connectivity index (χ1v) is 10.1. The third-order valence-corrected chi connectivity index (χ3v) is 5.64. The van der Waals surface area contributed by atoms with E-state index >= 15 is 0 Å². The second kappa shape index (κ2) is 8.32. The number of methoxy groups -OCH3 is 2. The zero-order valence-corrected chi connectivity index (χ0v) is 17.9. The first-order chi connectivity index (χ1) is 14.1. The van der Waals surface area contributed by atoms with Crippen molar-refractivity contribution in [3.05, 3.63) is 52.3 Å². The van der Waals surface area contributed by atoms with Crippen LogP contribution in [-0.2, 0) is 13.2 Å². The number of rotatable bonds is 7. The number of thiazole rings is 1. The number of hydrogen-bond donors (Lipinski definition) is 0. The highest BCUT2D eigenvalue weighted by atomic mass is 32.1. The van der Waals surface area contributed by atoms with Crippen LogP contribution in [0.2, 0.25) is 0 Å². The van der Waals surface area contributed by atoms with Gasteiger partial charge in [0.15, 0.2) is 0 Å². The number of fused-ring (bicyclic) bond motifs is 1. The van der Waals surface area contributed by atoms with E-state index < -0.39 is 0 Å². The molecule has 0 aliphatic carbocycles. The van der Waals surface area contributed by atoms with Crippen molar-refractivity contribution in [3.8, 4) is 23.0 Å². The molecule has 7 nitrogen and oxygen atoms in total. The van der Waals surface area contributed by atoms with Crippen LogP contribution >= 0.6 is 23.6 Å². The van der Waals surface area contributed by atoms with Gasteiger partial charge < -0.3 is 13.9 Å². The lowest BCUT2D eigenvalue weighted by molar-refractivity contribution is 0.240. The van der Waals surface area contributed by atoms with E-state index in [1.54, 1.807) is 36.3 Å². The molecule has 0 aliphatic rings. The second-order valence-corrected chi connectivity index (χ2v) is 7.97. The van der Waals surface area contributed by atoms with Gasteiger partial charge in [-0.1, -0.05) is 12.1 Å². The Balaban J connectivity index is 1.52. The van der Waals surface area contributed by atoms with E-state index in [0.29, 0.717) is 35.4 Å². The summed E-state index contributed by atoms with van der Waals surface area (Å²) in [4.78, 5) is 7.07. The van der Waals surface area contributed by atoms with Gasteiger partial charge in [-0.05, 0) is 43.5 Å². The molecule has 0 N–H and O–H groups in total. The summed E-state index contributed by atoms with van der Waals surface area (Å²) in [5.74, 6) is 1.73. The van der Waals surface area contributed by atoms with E-state index in [1.165, 1.54) is 4.70 Å². The minimum atomic E-state index is 0.304. The van der Waals surface area contributed by atoms with Crippen molar-refractivity contribution in [2.24, 2.45) is 0 Å². The van der Waals surface area contributed by atoms with Crippen molar-refractivity contribution in [1.29, 1.82) is 0 Å². The molecule has 2 aromatic carbocycles. The monoisotopic (exact) mass is 428 g/mol. The standard InChI is InChI=1S/C20H20N4O3S2/c1-23(11-18-21-16-6-4-5-7-17(16)29-18)12-24-20(28)27-19(22-24)13-8-14(25-2)10-15(9-13)26-3/h4-10H,11-12H2,1-3H3. The molecule has 29 heavy (non-hydrogen) atoms. The highest BCUT2D eigenvalue weighted by Crippen LogP contribution is 2.29. The molecule has 150 valence electrons. The zero-order chi connectivity index (χ0) is 20.4. The van der Waals surface area contributed by atoms with Crippen molar-refractivity contribution >= 4 is 33.8 Å². The van der Waals surface area contributed by atoms with Gasteiger partial charge in [-0.2, -0.15) is 0 Å². The molecule has 9 heteroatoms. The molecule has 4 rings (SSSR count). The smallest absolute Gasteiger partial charge is 0.288 e. The maximum Gasteiger partial charge on any atom is 0.288 e. The van der Waals surface area contributed by atoms with E-state index in [-0.39, 0.29) is 0 Å². The Kier molecular flexibility index (Phi) is 5.61. The van der Waals surface area contributed by atoms with E-state index in [1.807, 2.05) is 37.4 Å². The summed E-state index contributed by atoms with van der Waals surface area (Å²) in [6.07, 6.45) is 0. The Morgan fingerprint density at radius 2 is 1.86 bits per heavy atom. The first kappa shape index (κ1) is 19.6. The fraction of sp³-hybridized carbons (Fsp3) is 0.250. The van der Waals surface area contributed by atoms with E-state index in [2.05, 4.69) is 21.0 Å². The quantitative estimate of drug-likeness (QED) is 0.399. The molecule has 0 aliphatic heterocycles. The van der Waals surface area contributed by atoms with Crippen molar-refractivity contribution in [2.75, 3.05) is 21.3 Å². The maximum absolute atomic E-state index is 5.71. The fourth-order valence-corrected chi connectivity index (χ4v) is 4.17. The predicted molar refractivity (Wildman–Crippen MR) is 115 cm³/mol. The van der Waals surface area contributed by atoms with Gasteiger partial charge in [0.1, 0.15) is 16.5 Å². The normalized spacial score (nSPS) is 11.3. The minimum Gasteiger partial charge on any atom is -0.497 e. The van der Waals surface area contributed by atoms with Crippen molar-refractivity contribution in [2.45, 2.75) is 13.2 Å². The van der Waals surface area contributed by atoms with Crippen LogP contribution in [-0.4, -0.2) is 40.9 Å². The molecule has 0 spiro atoms. The number of ether oxygens (including phenoxy) is 2. The molecule has 0 radical (unpaired) electrons. The highest BCUT2D eigenvalue weighted by Gasteiger charge is 2.14. The lowest BCUT2D eigenvalue weighted by atomic mass is 10.2. The Morgan fingerprint density at radius 3 is 2.55 bits per heavy atom. The van der Waals surface area contributed by atoms with Gasteiger partial charge in [-0.3, -0.25) is 4.90 Å². The molecule has 0 amide bonds. The molecule has 2 heterocycles. The van der Waals surface area contributed by atoms with Crippen molar-refractivity contribution in [3.63, 3.8) is 0 Å². The number of nitrogens with zero attached hydrogens (tertiary/aromatic N) is 4. The Bertz CT molecular complexity index is 1140. The first-order valence-electron chi connectivity index (χ1n) is 8.90. The molecule has 4 aromatic rings. The molecule has 0 fully saturated rings. The largest absolute Gasteiger partial charge is 0.497 e. The second-order valence-electron chi connectivity index (χ2n) is 6.50. The van der Waals surface area contributed by atoms with Crippen LogP contribution < -0.4 is 9.47 Å². The zero-order valence-electron chi connectivity index (χ0n) is 16.3. The van der Waals surface area contributed by atoms with Crippen LogP contribution in [0.3, 0.4) is 0 Å². The third kappa shape index (κ3) is 4.31. The molecule has 0 unspecified atom stereocenters. The Hall–Kier alpha value is -2.75. The van der Waals surface area contributed by atoms with Gasteiger partial charge in [0, 0.05) is 11.6 Å². The Morgan fingerprint density at radius 1 is 1.14 bits per heavy atom. The average Bonchev–Trinajstić information content (AvgIpc) is 3.30. The SMILES string of the molecule is COc1cc(OC)cc(-c2nn(CN(C)Cc3nc4ccccc4s3)c(=S)o2)c1. The van der Waals surface area contributed by atoms with E-state index in [9.17, 15) is 0 Å². The summed E-state index contributed by atoms with van der Waals surface area (Å²) in [6.45, 7) is 1.18. The number of para-hydroxylation sites is 1. The van der Waals surface area contributed by atoms with Crippen LogP contribution in [0, 0.1) is 4.84 Å². The van der Waals surface area contributed by atoms with Crippen molar-refractivity contribution < 1.29 is 13.9 Å². The number of benzene rings is 2. The Labute approximate surface area is 177 Å². The predicted octanol–water partition coefficient (Wildman–Crippen LogP) is 4.59. The van der Waals surface area contributed by atoms with Gasteiger partial charge in [-0.15, -0.1) is 16.4 Å². The van der Waals surface area contributed by atoms with Gasteiger partial charge in [0.05, 0.1) is 37.6 Å². The van der Waals surface area contributed by atoms with Crippen LogP contribution in [0.4, 0.5) is 0 Å². The lowest BCUT2D eigenvalue weighted by Crippen LogP contribution is -2.22. The molecular formula is C20H20N4O3S2. The van der Waals surface area contributed by atoms with Gasteiger partial charge in [-0.25, -0.2) is 9.67 Å². The molecular weight excluding hydrogens is 408 g/mol. The van der Waals surface area contributed by atoms with Gasteiger partial charge in [0.25, 0.3) is 4.84 Å². The molecule has 0 bridgehead atoms. The average molecular weight is 429 g/mol. The summed E-state index contributed by atoms with van der Waals surface area (Å²) in [7, 11) is 5.20. The summed E-state index contributed by atoms with van der Waals surface area (Å²) < 4.78 is 19.2. The van der Waals surface area contributed by atoms with Crippen LogP contribution in [0.5, 0.6) is 11.5 Å². The molecule has 0 saturated heterocycles. The highest BCUT2D eigenvalue weighted by molar-refractivity contribution is 7.71. The number of hydrogen-bond acceptors (Lipinski definition) is 8. The topological polar surface area (TPSA) is 65.6 Å². The summed E-state index contributed by atoms with van der Waals surface area (Å²) in [5, 5.41) is 5.57. The third-order valence-electron chi connectivity index (χ3n) is 4.32. The van der Waals surface area contributed by atoms with Crippen LogP contribution in [0.1, 0.15) is 5.01 Å². The molecule has 0 atom stereocenters. The maximum atomic E-state index is 5.71. The summed E-state index contributed by atoms with van der Waals surface area (Å²) in [5.41, 5.74) is 1.76. The summed E-state index contributed by atoms with van der Waals surface area (Å²) in [6, 6.07) is 13.6. The lowest BCUT2D eigenvalue weighted by Gasteiger charge is -2.13. The summed E-state index contributed by atoms with van der Waals surface area (Å²) >= 11 is 7.05. The van der Waals surface area contributed by atoms with Crippen LogP contribution in [0.25, 0.3) is 21.7 Å². The van der Waals surface area contributed by atoms with Gasteiger partial charge in [0.2, 0.25) is 5.89 Å². The van der Waals surface area contributed by atoms with E-state index in [0.717, 1.165) is 16.1 Å².